The summed E-state index contributed by atoms with van der Waals surface area (Å²) in [5, 5.41) is 0. The molecule has 1 aliphatic carbocycles. The number of halogens is 1. The summed E-state index contributed by atoms with van der Waals surface area (Å²) in [7, 11) is 0. The largest absolute Gasteiger partial charge is 0.369 e. The zero-order chi connectivity index (χ0) is 13.2. The molecule has 0 aromatic heterocycles. The van der Waals surface area contributed by atoms with Gasteiger partial charge in [0.25, 0.3) is 0 Å². The molecular formula is C15H22FN3. The van der Waals surface area contributed by atoms with E-state index in [1.807, 2.05) is 6.07 Å². The third-order valence-corrected chi connectivity index (χ3v) is 4.17. The number of benzene rings is 1. The first-order valence-corrected chi connectivity index (χ1v) is 7.25. The van der Waals surface area contributed by atoms with Crippen molar-refractivity contribution in [1.82, 2.24) is 4.90 Å². The Morgan fingerprint density at radius 1 is 1.16 bits per heavy atom. The van der Waals surface area contributed by atoms with E-state index in [0.717, 1.165) is 44.2 Å². The Kier molecular flexibility index (Phi) is 3.71. The fraction of sp³-hybridized carbons (Fsp3) is 0.600. The molecule has 0 spiro atoms. The van der Waals surface area contributed by atoms with Crippen LogP contribution in [0, 0.1) is 5.82 Å². The number of hydrogen-bond donors (Lipinski definition) is 1. The average Bonchev–Trinajstić information content (AvgIpc) is 3.24. The highest BCUT2D eigenvalue weighted by Crippen LogP contribution is 2.29. The van der Waals surface area contributed by atoms with Crippen molar-refractivity contribution in [3.8, 4) is 0 Å². The summed E-state index contributed by atoms with van der Waals surface area (Å²) in [6.45, 7) is 4.91. The van der Waals surface area contributed by atoms with Crippen LogP contribution in [0.25, 0.3) is 0 Å². The van der Waals surface area contributed by atoms with E-state index in [1.54, 1.807) is 12.1 Å². The lowest BCUT2D eigenvalue weighted by Crippen LogP contribution is -2.47. The van der Waals surface area contributed by atoms with Gasteiger partial charge in [-0.2, -0.15) is 0 Å². The molecule has 0 bridgehead atoms. The molecule has 1 aliphatic heterocycles. The summed E-state index contributed by atoms with van der Waals surface area (Å²) in [5.41, 5.74) is 7.84. The van der Waals surface area contributed by atoms with Crippen LogP contribution in [-0.2, 0) is 6.42 Å². The molecule has 0 radical (unpaired) electrons. The summed E-state index contributed by atoms with van der Waals surface area (Å²) in [6, 6.07) is 5.95. The second-order valence-electron chi connectivity index (χ2n) is 5.57. The summed E-state index contributed by atoms with van der Waals surface area (Å²) < 4.78 is 13.3. The predicted octanol–water partition coefficient (Wildman–Crippen LogP) is 1.61. The van der Waals surface area contributed by atoms with Gasteiger partial charge in [-0.1, -0.05) is 0 Å². The highest BCUT2D eigenvalue weighted by Gasteiger charge is 2.31. The third-order valence-electron chi connectivity index (χ3n) is 4.17. The fourth-order valence-corrected chi connectivity index (χ4v) is 2.99. The molecule has 1 heterocycles. The molecule has 0 atom stereocenters. The van der Waals surface area contributed by atoms with Crippen LogP contribution in [0.1, 0.15) is 18.4 Å². The van der Waals surface area contributed by atoms with E-state index in [9.17, 15) is 4.39 Å². The van der Waals surface area contributed by atoms with E-state index < -0.39 is 0 Å². The second-order valence-corrected chi connectivity index (χ2v) is 5.57. The van der Waals surface area contributed by atoms with Crippen LogP contribution in [0.2, 0.25) is 0 Å². The molecule has 2 fully saturated rings. The third kappa shape index (κ3) is 2.90. The van der Waals surface area contributed by atoms with Gasteiger partial charge < -0.3 is 10.6 Å². The van der Waals surface area contributed by atoms with E-state index in [4.69, 9.17) is 5.73 Å². The molecule has 19 heavy (non-hydrogen) atoms. The molecule has 104 valence electrons. The Bertz CT molecular complexity index is 437. The van der Waals surface area contributed by atoms with Crippen molar-refractivity contribution in [3.05, 3.63) is 29.6 Å². The molecule has 1 aromatic carbocycles. The van der Waals surface area contributed by atoms with Crippen LogP contribution in [-0.4, -0.2) is 43.7 Å². The number of anilines is 1. The monoisotopic (exact) mass is 263 g/mol. The summed E-state index contributed by atoms with van der Waals surface area (Å²) in [6.07, 6.45) is 3.49. The Balaban J connectivity index is 1.71. The smallest absolute Gasteiger partial charge is 0.123 e. The van der Waals surface area contributed by atoms with Crippen molar-refractivity contribution in [3.63, 3.8) is 0 Å². The maximum absolute atomic E-state index is 13.3. The molecule has 4 heteroatoms. The number of nitrogens with zero attached hydrogens (tertiary/aromatic N) is 2. The molecule has 0 amide bonds. The number of hydrogen-bond acceptors (Lipinski definition) is 3. The van der Waals surface area contributed by atoms with Gasteiger partial charge in [-0.25, -0.2) is 4.39 Å². The first kappa shape index (κ1) is 12.9. The van der Waals surface area contributed by atoms with Crippen LogP contribution in [0.15, 0.2) is 18.2 Å². The van der Waals surface area contributed by atoms with Gasteiger partial charge in [-0.3, -0.25) is 4.90 Å². The van der Waals surface area contributed by atoms with Gasteiger partial charge in [0.05, 0.1) is 0 Å². The maximum Gasteiger partial charge on any atom is 0.123 e. The van der Waals surface area contributed by atoms with Gasteiger partial charge in [0.15, 0.2) is 0 Å². The lowest BCUT2D eigenvalue weighted by Gasteiger charge is -2.37. The van der Waals surface area contributed by atoms with E-state index in [-0.39, 0.29) is 5.82 Å². The molecule has 3 rings (SSSR count). The number of nitrogens with two attached hydrogens (primary N) is 1. The molecule has 1 aromatic rings. The van der Waals surface area contributed by atoms with Crippen molar-refractivity contribution in [2.24, 2.45) is 5.73 Å². The average molecular weight is 263 g/mol. The van der Waals surface area contributed by atoms with Gasteiger partial charge in [0.1, 0.15) is 5.82 Å². The van der Waals surface area contributed by atoms with Crippen molar-refractivity contribution < 1.29 is 4.39 Å². The van der Waals surface area contributed by atoms with Crippen LogP contribution >= 0.6 is 0 Å². The first-order chi connectivity index (χ1) is 9.28. The fourth-order valence-electron chi connectivity index (χ4n) is 2.99. The minimum Gasteiger partial charge on any atom is -0.369 e. The van der Waals surface area contributed by atoms with Gasteiger partial charge >= 0.3 is 0 Å². The van der Waals surface area contributed by atoms with Crippen LogP contribution < -0.4 is 10.6 Å². The SMILES string of the molecule is NCCc1cc(F)ccc1N1CCN(C2CC2)CC1. The lowest BCUT2D eigenvalue weighted by atomic mass is 10.1. The molecule has 0 unspecified atom stereocenters. The summed E-state index contributed by atoms with van der Waals surface area (Å²) in [5.74, 6) is -0.163. The summed E-state index contributed by atoms with van der Waals surface area (Å²) in [4.78, 5) is 4.96. The van der Waals surface area contributed by atoms with E-state index in [1.165, 1.54) is 18.5 Å². The van der Waals surface area contributed by atoms with Crippen molar-refractivity contribution in [2.45, 2.75) is 25.3 Å². The minimum atomic E-state index is -0.163. The Morgan fingerprint density at radius 2 is 1.89 bits per heavy atom. The maximum atomic E-state index is 13.3. The normalized spacial score (nSPS) is 20.8. The van der Waals surface area contributed by atoms with Crippen molar-refractivity contribution in [1.29, 1.82) is 0 Å². The Labute approximate surface area is 114 Å². The Hall–Kier alpha value is -1.13. The second kappa shape index (κ2) is 5.47. The van der Waals surface area contributed by atoms with Crippen molar-refractivity contribution >= 4 is 5.69 Å². The van der Waals surface area contributed by atoms with Crippen LogP contribution in [0.5, 0.6) is 0 Å². The molecule has 1 saturated carbocycles. The predicted molar refractivity (Wildman–Crippen MR) is 76.0 cm³/mol. The molecule has 1 saturated heterocycles. The van der Waals surface area contributed by atoms with Gasteiger partial charge in [0.2, 0.25) is 0 Å². The highest BCUT2D eigenvalue weighted by atomic mass is 19.1. The van der Waals surface area contributed by atoms with Gasteiger partial charge in [-0.05, 0) is 49.6 Å². The van der Waals surface area contributed by atoms with E-state index in [2.05, 4.69) is 9.80 Å². The molecule has 2 N–H and O–H groups in total. The quantitative estimate of drug-likeness (QED) is 0.896. The summed E-state index contributed by atoms with van der Waals surface area (Å²) >= 11 is 0. The first-order valence-electron chi connectivity index (χ1n) is 7.25. The van der Waals surface area contributed by atoms with Gasteiger partial charge in [0, 0.05) is 37.9 Å². The van der Waals surface area contributed by atoms with Gasteiger partial charge in [-0.15, -0.1) is 0 Å². The lowest BCUT2D eigenvalue weighted by molar-refractivity contribution is 0.248. The minimum absolute atomic E-state index is 0.163. The van der Waals surface area contributed by atoms with E-state index in [0.29, 0.717) is 6.54 Å². The molecule has 3 nitrogen and oxygen atoms in total. The Morgan fingerprint density at radius 3 is 2.53 bits per heavy atom. The molecular weight excluding hydrogens is 241 g/mol. The van der Waals surface area contributed by atoms with Crippen LogP contribution in [0.4, 0.5) is 10.1 Å². The van der Waals surface area contributed by atoms with Crippen LogP contribution in [0.3, 0.4) is 0 Å². The van der Waals surface area contributed by atoms with E-state index >= 15 is 0 Å². The number of rotatable bonds is 4. The zero-order valence-corrected chi connectivity index (χ0v) is 11.3. The highest BCUT2D eigenvalue weighted by molar-refractivity contribution is 5.54. The zero-order valence-electron chi connectivity index (χ0n) is 11.3. The molecule has 2 aliphatic rings. The number of piperazine rings is 1. The topological polar surface area (TPSA) is 32.5 Å². The standard InChI is InChI=1S/C15H22FN3/c16-13-1-4-15(12(11-13)5-6-17)19-9-7-18(8-10-19)14-2-3-14/h1,4,11,14H,2-3,5-10,17H2. The van der Waals surface area contributed by atoms with Crippen molar-refractivity contribution in [2.75, 3.05) is 37.6 Å².